The lowest BCUT2D eigenvalue weighted by atomic mass is 10.1. The first-order chi connectivity index (χ1) is 12.0. The molecule has 0 radical (unpaired) electrons. The highest BCUT2D eigenvalue weighted by atomic mass is 127. The van der Waals surface area contributed by atoms with Gasteiger partial charge in [0.1, 0.15) is 11.5 Å². The molecular formula is C19H29IN4O2. The molecule has 26 heavy (non-hydrogen) atoms. The van der Waals surface area contributed by atoms with E-state index < -0.39 is 0 Å². The molecular weight excluding hydrogens is 443 g/mol. The lowest BCUT2D eigenvalue weighted by molar-refractivity contribution is 0.392. The molecule has 6 nitrogen and oxygen atoms in total. The van der Waals surface area contributed by atoms with Gasteiger partial charge in [-0.3, -0.25) is 4.99 Å². The number of aryl methyl sites for hydroxylation is 3. The Morgan fingerprint density at radius 1 is 1.15 bits per heavy atom. The summed E-state index contributed by atoms with van der Waals surface area (Å²) in [5.74, 6) is 2.60. The van der Waals surface area contributed by atoms with E-state index in [1.54, 1.807) is 14.2 Å². The van der Waals surface area contributed by atoms with Gasteiger partial charge in [-0.1, -0.05) is 22.9 Å². The molecule has 0 bridgehead atoms. The van der Waals surface area contributed by atoms with E-state index in [-0.39, 0.29) is 24.0 Å². The topological polar surface area (TPSA) is 71.7 Å². The molecule has 1 aromatic heterocycles. The third kappa shape index (κ3) is 6.19. The van der Waals surface area contributed by atoms with Gasteiger partial charge in [0.05, 0.1) is 12.8 Å². The van der Waals surface area contributed by atoms with Crippen LogP contribution in [0.5, 0.6) is 5.75 Å². The lowest BCUT2D eigenvalue weighted by Crippen LogP contribution is -2.39. The number of rotatable bonds is 7. The summed E-state index contributed by atoms with van der Waals surface area (Å²) in [5.41, 5.74) is 4.54. The van der Waals surface area contributed by atoms with E-state index in [1.165, 1.54) is 11.1 Å². The molecule has 144 valence electrons. The van der Waals surface area contributed by atoms with Crippen LogP contribution in [0, 0.1) is 20.8 Å². The summed E-state index contributed by atoms with van der Waals surface area (Å²) in [6, 6.07) is 6.24. The number of methoxy groups -OCH3 is 1. The van der Waals surface area contributed by atoms with Gasteiger partial charge < -0.3 is 19.9 Å². The van der Waals surface area contributed by atoms with Gasteiger partial charge in [-0.15, -0.1) is 24.0 Å². The standard InChI is InChI=1S/C19H28N4O2.HI/c1-13-6-7-18(24-5)16(12-13)8-10-21-19(20-4)22-11-9-17-14(2)23-25-15(17)3;/h6-7,12H,8-11H2,1-5H3,(H2,20,21,22);1H. The molecule has 0 atom stereocenters. The minimum atomic E-state index is 0. The molecule has 0 amide bonds. The Bertz CT molecular complexity index is 709. The zero-order valence-electron chi connectivity index (χ0n) is 16.2. The van der Waals surface area contributed by atoms with Crippen LogP contribution >= 0.6 is 24.0 Å². The van der Waals surface area contributed by atoms with E-state index in [1.807, 2.05) is 19.9 Å². The SMILES string of the molecule is CN=C(NCCc1cc(C)ccc1OC)NCCc1c(C)noc1C.I. The Kier molecular flexibility index (Phi) is 9.47. The maximum absolute atomic E-state index is 5.42. The third-order valence-corrected chi connectivity index (χ3v) is 4.19. The molecule has 0 spiro atoms. The van der Waals surface area contributed by atoms with E-state index in [9.17, 15) is 0 Å². The van der Waals surface area contributed by atoms with Crippen LogP contribution in [-0.2, 0) is 12.8 Å². The second kappa shape index (κ2) is 11.1. The van der Waals surface area contributed by atoms with Crippen molar-refractivity contribution in [3.8, 4) is 5.75 Å². The van der Waals surface area contributed by atoms with Crippen LogP contribution in [0.2, 0.25) is 0 Å². The number of benzene rings is 1. The molecule has 1 heterocycles. The second-order valence-corrected chi connectivity index (χ2v) is 6.04. The van der Waals surface area contributed by atoms with E-state index in [0.29, 0.717) is 0 Å². The summed E-state index contributed by atoms with van der Waals surface area (Å²) in [4.78, 5) is 4.27. The van der Waals surface area contributed by atoms with Crippen molar-refractivity contribution in [2.24, 2.45) is 4.99 Å². The smallest absolute Gasteiger partial charge is 0.190 e. The van der Waals surface area contributed by atoms with Crippen LogP contribution in [0.15, 0.2) is 27.7 Å². The van der Waals surface area contributed by atoms with Gasteiger partial charge in [0.2, 0.25) is 0 Å². The highest BCUT2D eigenvalue weighted by molar-refractivity contribution is 14.0. The molecule has 0 aliphatic rings. The van der Waals surface area contributed by atoms with E-state index in [2.05, 4.69) is 39.8 Å². The first-order valence-corrected chi connectivity index (χ1v) is 8.55. The summed E-state index contributed by atoms with van der Waals surface area (Å²) in [6.45, 7) is 7.55. The van der Waals surface area contributed by atoms with Crippen molar-refractivity contribution < 1.29 is 9.26 Å². The zero-order valence-corrected chi connectivity index (χ0v) is 18.5. The van der Waals surface area contributed by atoms with Crippen LogP contribution < -0.4 is 15.4 Å². The van der Waals surface area contributed by atoms with Gasteiger partial charge in [-0.05, 0) is 45.2 Å². The Morgan fingerprint density at radius 3 is 2.42 bits per heavy atom. The average molecular weight is 472 g/mol. The number of halogens is 1. The maximum Gasteiger partial charge on any atom is 0.190 e. The van der Waals surface area contributed by atoms with Crippen LogP contribution in [0.3, 0.4) is 0 Å². The molecule has 2 rings (SSSR count). The van der Waals surface area contributed by atoms with Crippen molar-refractivity contribution in [2.75, 3.05) is 27.2 Å². The van der Waals surface area contributed by atoms with Gasteiger partial charge in [-0.25, -0.2) is 0 Å². The molecule has 0 saturated carbocycles. The van der Waals surface area contributed by atoms with Crippen molar-refractivity contribution in [3.63, 3.8) is 0 Å². The fourth-order valence-corrected chi connectivity index (χ4v) is 2.80. The molecule has 0 fully saturated rings. The van der Waals surface area contributed by atoms with Crippen LogP contribution in [0.4, 0.5) is 0 Å². The minimum Gasteiger partial charge on any atom is -0.496 e. The molecule has 0 aliphatic heterocycles. The highest BCUT2D eigenvalue weighted by Crippen LogP contribution is 2.19. The summed E-state index contributed by atoms with van der Waals surface area (Å²) >= 11 is 0. The summed E-state index contributed by atoms with van der Waals surface area (Å²) in [7, 11) is 3.48. The number of hydrogen-bond acceptors (Lipinski definition) is 4. The monoisotopic (exact) mass is 472 g/mol. The summed E-state index contributed by atoms with van der Waals surface area (Å²) in [5, 5.41) is 10.6. The highest BCUT2D eigenvalue weighted by Gasteiger charge is 2.09. The largest absolute Gasteiger partial charge is 0.496 e. The summed E-state index contributed by atoms with van der Waals surface area (Å²) in [6.07, 6.45) is 1.73. The number of ether oxygens (including phenoxy) is 1. The second-order valence-electron chi connectivity index (χ2n) is 6.04. The van der Waals surface area contributed by atoms with Gasteiger partial charge in [0.25, 0.3) is 0 Å². The number of guanidine groups is 1. The van der Waals surface area contributed by atoms with E-state index in [0.717, 1.165) is 54.7 Å². The van der Waals surface area contributed by atoms with Gasteiger partial charge in [0.15, 0.2) is 5.96 Å². The lowest BCUT2D eigenvalue weighted by Gasteiger charge is -2.13. The van der Waals surface area contributed by atoms with Crippen molar-refractivity contribution >= 4 is 29.9 Å². The number of hydrogen-bond donors (Lipinski definition) is 2. The Balaban J connectivity index is 0.00000338. The summed E-state index contributed by atoms with van der Waals surface area (Å²) < 4.78 is 10.6. The van der Waals surface area contributed by atoms with Crippen molar-refractivity contribution in [2.45, 2.75) is 33.6 Å². The van der Waals surface area contributed by atoms with Crippen LogP contribution in [0.1, 0.15) is 28.1 Å². The molecule has 1 aromatic carbocycles. The van der Waals surface area contributed by atoms with Crippen molar-refractivity contribution in [3.05, 3.63) is 46.3 Å². The van der Waals surface area contributed by atoms with Crippen molar-refractivity contribution in [1.82, 2.24) is 15.8 Å². The number of aromatic nitrogens is 1. The minimum absolute atomic E-state index is 0. The fraction of sp³-hybridized carbons (Fsp3) is 0.474. The predicted octanol–water partition coefficient (Wildman–Crippen LogP) is 3.18. The fourth-order valence-electron chi connectivity index (χ4n) is 2.80. The van der Waals surface area contributed by atoms with Gasteiger partial charge in [-0.2, -0.15) is 0 Å². The van der Waals surface area contributed by atoms with Gasteiger partial charge >= 0.3 is 0 Å². The number of nitrogens with zero attached hydrogens (tertiary/aromatic N) is 2. The quantitative estimate of drug-likeness (QED) is 0.368. The third-order valence-electron chi connectivity index (χ3n) is 4.19. The van der Waals surface area contributed by atoms with Gasteiger partial charge in [0, 0.05) is 25.7 Å². The molecule has 2 aromatic rings. The van der Waals surface area contributed by atoms with E-state index in [4.69, 9.17) is 9.26 Å². The normalized spacial score (nSPS) is 11.0. The van der Waals surface area contributed by atoms with Crippen LogP contribution in [-0.4, -0.2) is 38.4 Å². The maximum atomic E-state index is 5.42. The Hall–Kier alpha value is -1.77. The zero-order chi connectivity index (χ0) is 18.2. The van der Waals surface area contributed by atoms with Crippen molar-refractivity contribution in [1.29, 1.82) is 0 Å². The van der Waals surface area contributed by atoms with E-state index >= 15 is 0 Å². The number of aliphatic imine (C=N–C) groups is 1. The number of nitrogens with one attached hydrogen (secondary N) is 2. The Labute approximate surface area is 172 Å². The predicted molar refractivity (Wildman–Crippen MR) is 116 cm³/mol. The first-order valence-electron chi connectivity index (χ1n) is 8.55. The average Bonchev–Trinajstić information content (AvgIpc) is 2.92. The molecule has 0 unspecified atom stereocenters. The first kappa shape index (κ1) is 22.3. The van der Waals surface area contributed by atoms with Crippen LogP contribution in [0.25, 0.3) is 0 Å². The Morgan fingerprint density at radius 2 is 1.85 bits per heavy atom. The molecule has 0 saturated heterocycles. The molecule has 7 heteroatoms. The molecule has 0 aliphatic carbocycles. The molecule has 2 N–H and O–H groups in total.